The van der Waals surface area contributed by atoms with Crippen molar-refractivity contribution in [3.63, 3.8) is 0 Å². The largest absolute Gasteiger partial charge is 0.480 e. The van der Waals surface area contributed by atoms with Gasteiger partial charge in [-0.05, 0) is 12.8 Å². The molecule has 0 aromatic heterocycles. The van der Waals surface area contributed by atoms with Crippen LogP contribution in [0.2, 0.25) is 0 Å². The van der Waals surface area contributed by atoms with E-state index in [4.69, 9.17) is 9.84 Å². The summed E-state index contributed by atoms with van der Waals surface area (Å²) in [6, 6.07) is -0.00150. The van der Waals surface area contributed by atoms with Gasteiger partial charge < -0.3 is 19.6 Å². The molecule has 2 saturated heterocycles. The van der Waals surface area contributed by atoms with Gasteiger partial charge in [-0.15, -0.1) is 0 Å². The molecule has 2 amide bonds. The first-order valence-corrected chi connectivity index (χ1v) is 8.27. The number of likely N-dealkylation sites (tertiary alicyclic amines) is 1. The number of rotatable bonds is 3. The van der Waals surface area contributed by atoms with Crippen molar-refractivity contribution in [2.24, 2.45) is 0 Å². The standard InChI is InChI=1S/C12H20N2O5S/c15-11(16)9-19-10-1-3-13(4-2-10)12(17)14-5-7-20(18)8-6-14/h10H,1-9H2,(H,15,16). The van der Waals surface area contributed by atoms with E-state index < -0.39 is 16.8 Å². The lowest BCUT2D eigenvalue weighted by atomic mass is 10.1. The van der Waals surface area contributed by atoms with Gasteiger partial charge in [0.15, 0.2) is 0 Å². The average Bonchev–Trinajstić information content (AvgIpc) is 2.46. The van der Waals surface area contributed by atoms with Gasteiger partial charge in [0, 0.05) is 48.5 Å². The smallest absolute Gasteiger partial charge is 0.329 e. The van der Waals surface area contributed by atoms with Crippen LogP contribution in [0.3, 0.4) is 0 Å². The molecule has 0 aromatic rings. The van der Waals surface area contributed by atoms with E-state index in [9.17, 15) is 13.8 Å². The van der Waals surface area contributed by atoms with E-state index >= 15 is 0 Å². The number of carboxylic acid groups (broad SMARTS) is 1. The molecule has 7 nitrogen and oxygen atoms in total. The predicted molar refractivity (Wildman–Crippen MR) is 73.0 cm³/mol. The van der Waals surface area contributed by atoms with Crippen molar-refractivity contribution in [1.82, 2.24) is 9.80 Å². The van der Waals surface area contributed by atoms with Crippen LogP contribution >= 0.6 is 0 Å². The van der Waals surface area contributed by atoms with Crippen LogP contribution in [-0.4, -0.2) is 81.5 Å². The molecule has 0 unspecified atom stereocenters. The first-order valence-electron chi connectivity index (χ1n) is 6.78. The van der Waals surface area contributed by atoms with Crippen molar-refractivity contribution in [2.75, 3.05) is 44.3 Å². The number of aliphatic carboxylic acids is 1. The minimum Gasteiger partial charge on any atom is -0.480 e. The van der Waals surface area contributed by atoms with Gasteiger partial charge in [0.25, 0.3) is 0 Å². The zero-order valence-corrected chi connectivity index (χ0v) is 12.1. The Bertz CT molecular complexity index is 385. The highest BCUT2D eigenvalue weighted by Gasteiger charge is 2.28. The number of nitrogens with zero attached hydrogens (tertiary/aromatic N) is 2. The summed E-state index contributed by atoms with van der Waals surface area (Å²) in [7, 11) is -0.783. The Kier molecular flexibility index (Phi) is 5.36. The van der Waals surface area contributed by atoms with E-state index in [1.165, 1.54) is 0 Å². The van der Waals surface area contributed by atoms with Gasteiger partial charge in [0.05, 0.1) is 6.10 Å². The summed E-state index contributed by atoms with van der Waals surface area (Å²) in [6.45, 7) is 2.00. The average molecular weight is 304 g/mol. The third-order valence-corrected chi connectivity index (χ3v) is 4.88. The molecule has 0 aromatic carbocycles. The van der Waals surface area contributed by atoms with Crippen molar-refractivity contribution >= 4 is 22.8 Å². The second kappa shape index (κ2) is 7.03. The van der Waals surface area contributed by atoms with E-state index in [0.717, 1.165) is 0 Å². The molecule has 8 heteroatoms. The highest BCUT2D eigenvalue weighted by molar-refractivity contribution is 7.85. The summed E-state index contributed by atoms with van der Waals surface area (Å²) >= 11 is 0. The van der Waals surface area contributed by atoms with Crippen molar-refractivity contribution in [1.29, 1.82) is 0 Å². The fourth-order valence-electron chi connectivity index (χ4n) is 2.43. The highest BCUT2D eigenvalue weighted by atomic mass is 32.2. The van der Waals surface area contributed by atoms with Crippen LogP contribution < -0.4 is 0 Å². The van der Waals surface area contributed by atoms with Gasteiger partial charge in [0.2, 0.25) is 0 Å². The topological polar surface area (TPSA) is 87.2 Å². The minimum absolute atomic E-state index is 0.00150. The van der Waals surface area contributed by atoms with Gasteiger partial charge in [-0.3, -0.25) is 4.21 Å². The van der Waals surface area contributed by atoms with Gasteiger partial charge >= 0.3 is 12.0 Å². The van der Waals surface area contributed by atoms with Crippen LogP contribution in [0.15, 0.2) is 0 Å². The molecule has 1 N–H and O–H groups in total. The van der Waals surface area contributed by atoms with Gasteiger partial charge in [-0.25, -0.2) is 9.59 Å². The van der Waals surface area contributed by atoms with Crippen LogP contribution in [-0.2, 0) is 20.3 Å². The zero-order chi connectivity index (χ0) is 14.5. The number of carbonyl (C=O) groups is 2. The van der Waals surface area contributed by atoms with Crippen molar-refractivity contribution in [2.45, 2.75) is 18.9 Å². The Morgan fingerprint density at radius 1 is 1.10 bits per heavy atom. The van der Waals surface area contributed by atoms with Crippen LogP contribution in [0.5, 0.6) is 0 Å². The Morgan fingerprint density at radius 3 is 2.20 bits per heavy atom. The van der Waals surface area contributed by atoms with E-state index in [0.29, 0.717) is 50.5 Å². The molecule has 0 atom stereocenters. The van der Waals surface area contributed by atoms with Crippen LogP contribution in [0.1, 0.15) is 12.8 Å². The summed E-state index contributed by atoms with van der Waals surface area (Å²) < 4.78 is 16.5. The number of amides is 2. The number of urea groups is 1. The Balaban J connectivity index is 1.74. The third kappa shape index (κ3) is 4.17. The number of carboxylic acids is 1. The van der Waals surface area contributed by atoms with Crippen molar-refractivity contribution in [3.8, 4) is 0 Å². The number of carbonyl (C=O) groups excluding carboxylic acids is 1. The number of piperidine rings is 1. The molecule has 2 fully saturated rings. The summed E-state index contributed by atoms with van der Waals surface area (Å²) in [6.07, 6.45) is 1.25. The molecular formula is C12H20N2O5S. The molecule has 0 aliphatic carbocycles. The van der Waals surface area contributed by atoms with Crippen molar-refractivity contribution < 1.29 is 23.6 Å². The minimum atomic E-state index is -0.968. The second-order valence-corrected chi connectivity index (χ2v) is 6.70. The second-order valence-electron chi connectivity index (χ2n) is 5.01. The van der Waals surface area contributed by atoms with E-state index in [1.54, 1.807) is 9.80 Å². The van der Waals surface area contributed by atoms with Gasteiger partial charge in [0.1, 0.15) is 6.61 Å². The maximum Gasteiger partial charge on any atom is 0.329 e. The van der Waals surface area contributed by atoms with Crippen LogP contribution in [0.4, 0.5) is 4.79 Å². The lowest BCUT2D eigenvalue weighted by molar-refractivity contribution is -0.145. The molecule has 2 aliphatic heterocycles. The lowest BCUT2D eigenvalue weighted by Crippen LogP contribution is -2.51. The molecule has 2 heterocycles. The number of hydrogen-bond acceptors (Lipinski definition) is 4. The molecule has 0 saturated carbocycles. The van der Waals surface area contributed by atoms with Crippen molar-refractivity contribution in [3.05, 3.63) is 0 Å². The van der Waals surface area contributed by atoms with Crippen LogP contribution in [0.25, 0.3) is 0 Å². The lowest BCUT2D eigenvalue weighted by Gasteiger charge is -2.36. The van der Waals surface area contributed by atoms with E-state index in [-0.39, 0.29) is 18.7 Å². The van der Waals surface area contributed by atoms with E-state index in [1.807, 2.05) is 0 Å². The molecule has 0 bridgehead atoms. The first kappa shape index (κ1) is 15.2. The predicted octanol–water partition coefficient (Wildman–Crippen LogP) is -0.264. The van der Waals surface area contributed by atoms with E-state index in [2.05, 4.69) is 0 Å². The third-order valence-electron chi connectivity index (χ3n) is 3.60. The summed E-state index contributed by atoms with van der Waals surface area (Å²) in [4.78, 5) is 26.2. The molecule has 114 valence electrons. The fourth-order valence-corrected chi connectivity index (χ4v) is 3.48. The summed E-state index contributed by atoms with van der Waals surface area (Å²) in [5, 5.41) is 8.55. The zero-order valence-electron chi connectivity index (χ0n) is 11.3. The normalized spacial score (nSPS) is 22.0. The number of hydrogen-bond donors (Lipinski definition) is 1. The van der Waals surface area contributed by atoms with Gasteiger partial charge in [-0.1, -0.05) is 0 Å². The number of ether oxygens (including phenoxy) is 1. The first-order chi connectivity index (χ1) is 9.56. The molecular weight excluding hydrogens is 284 g/mol. The Labute approximate surface area is 120 Å². The summed E-state index contributed by atoms with van der Waals surface area (Å²) in [5.74, 6) is 0.151. The van der Waals surface area contributed by atoms with Gasteiger partial charge in [-0.2, -0.15) is 0 Å². The maximum atomic E-state index is 12.3. The SMILES string of the molecule is O=C(O)COC1CCN(C(=O)N2CCS(=O)CC2)CC1. The molecule has 20 heavy (non-hydrogen) atoms. The Hall–Kier alpha value is -1.15. The molecule has 2 aliphatic rings. The van der Waals surface area contributed by atoms with Crippen LogP contribution in [0, 0.1) is 0 Å². The maximum absolute atomic E-state index is 12.3. The molecule has 2 rings (SSSR count). The monoisotopic (exact) mass is 304 g/mol. The highest BCUT2D eigenvalue weighted by Crippen LogP contribution is 2.16. The fraction of sp³-hybridized carbons (Fsp3) is 0.833. The summed E-state index contributed by atoms with van der Waals surface area (Å²) in [5.41, 5.74) is 0. The Morgan fingerprint density at radius 2 is 1.65 bits per heavy atom. The molecule has 0 spiro atoms. The quantitative estimate of drug-likeness (QED) is 0.776. The molecule has 0 radical (unpaired) electrons.